The fourth-order valence-corrected chi connectivity index (χ4v) is 0.909. The Kier molecular flexibility index (Phi) is 3.25. The first-order valence-corrected chi connectivity index (χ1v) is 4.08. The molecule has 0 spiro atoms. The van der Waals surface area contributed by atoms with Crippen molar-refractivity contribution in [3.63, 3.8) is 0 Å². The molecule has 0 bridgehead atoms. The molecule has 0 fully saturated rings. The van der Waals surface area contributed by atoms with Crippen LogP contribution in [0.15, 0.2) is 0 Å². The minimum absolute atomic E-state index is 0.0115. The Balaban J connectivity index is 3.22. The molecule has 0 radical (unpaired) electrons. The zero-order valence-electron chi connectivity index (χ0n) is 7.98. The zero-order valence-corrected chi connectivity index (χ0v) is 7.98. The Labute approximate surface area is 86.1 Å². The molecule has 1 aromatic heterocycles. The van der Waals surface area contributed by atoms with Crippen LogP contribution in [-0.4, -0.2) is 16.6 Å². The summed E-state index contributed by atoms with van der Waals surface area (Å²) in [5.74, 6) is 0.0661. The van der Waals surface area contributed by atoms with Gasteiger partial charge < -0.3 is 10.5 Å². The summed E-state index contributed by atoms with van der Waals surface area (Å²) in [5, 5.41) is 19.4. The average Bonchev–Trinajstić information content (AvgIpc) is 2.18. The van der Waals surface area contributed by atoms with Crippen LogP contribution in [0.4, 0.5) is 11.8 Å². The third kappa shape index (κ3) is 2.23. The highest BCUT2D eigenvalue weighted by Crippen LogP contribution is 2.21. The lowest BCUT2D eigenvalue weighted by molar-refractivity contribution is 0.326. The van der Waals surface area contributed by atoms with Crippen LogP contribution in [0.25, 0.3) is 0 Å². The Morgan fingerprint density at radius 2 is 2.20 bits per heavy atom. The van der Waals surface area contributed by atoms with Gasteiger partial charge in [0, 0.05) is 0 Å². The maximum atomic E-state index is 8.77. The van der Waals surface area contributed by atoms with Gasteiger partial charge in [0.25, 0.3) is 0 Å². The highest BCUT2D eigenvalue weighted by Gasteiger charge is 2.12. The van der Waals surface area contributed by atoms with E-state index in [1.165, 1.54) is 0 Å². The van der Waals surface area contributed by atoms with Crippen molar-refractivity contribution < 1.29 is 4.74 Å². The number of anilines is 2. The maximum Gasteiger partial charge on any atom is 0.241 e. The molecule has 0 aliphatic carbocycles. The predicted molar refractivity (Wildman–Crippen MR) is 51.6 cm³/mol. The van der Waals surface area contributed by atoms with Gasteiger partial charge in [-0.1, -0.05) is 0 Å². The lowest BCUT2D eigenvalue weighted by Crippen LogP contribution is -2.06. The van der Waals surface area contributed by atoms with Crippen LogP contribution in [-0.2, 0) is 0 Å². The van der Waals surface area contributed by atoms with Crippen LogP contribution in [0.5, 0.6) is 5.88 Å². The molecule has 7 nitrogen and oxygen atoms in total. The molecule has 0 saturated carbocycles. The van der Waals surface area contributed by atoms with E-state index in [2.05, 4.69) is 15.3 Å². The fourth-order valence-electron chi connectivity index (χ4n) is 0.909. The van der Waals surface area contributed by atoms with Crippen molar-refractivity contribution in [1.82, 2.24) is 9.97 Å². The number of hydrogen-bond acceptors (Lipinski definition) is 7. The average molecular weight is 204 g/mol. The van der Waals surface area contributed by atoms with Crippen molar-refractivity contribution in [3.8, 4) is 18.1 Å². The Hall–Kier alpha value is -2.54. The molecule has 1 heterocycles. The van der Waals surface area contributed by atoms with E-state index in [1.54, 1.807) is 13.1 Å². The number of nitrogens with two attached hydrogens (primary N) is 1. The Morgan fingerprint density at radius 1 is 1.47 bits per heavy atom. The fraction of sp³-hybridized carbons (Fsp3) is 0.250. The van der Waals surface area contributed by atoms with Crippen molar-refractivity contribution in [3.05, 3.63) is 5.56 Å². The van der Waals surface area contributed by atoms with E-state index < -0.39 is 0 Å². The van der Waals surface area contributed by atoms with Crippen LogP contribution < -0.4 is 15.8 Å². The monoisotopic (exact) mass is 204 g/mol. The van der Waals surface area contributed by atoms with E-state index in [0.29, 0.717) is 6.61 Å². The molecule has 15 heavy (non-hydrogen) atoms. The molecule has 1 rings (SSSR count). The summed E-state index contributed by atoms with van der Waals surface area (Å²) in [6, 6.07) is 1.83. The van der Waals surface area contributed by atoms with Crippen molar-refractivity contribution in [2.24, 2.45) is 0 Å². The molecular weight excluding hydrogens is 196 g/mol. The largest absolute Gasteiger partial charge is 0.477 e. The Morgan fingerprint density at radius 3 is 2.73 bits per heavy atom. The van der Waals surface area contributed by atoms with Crippen LogP contribution in [0.2, 0.25) is 0 Å². The number of aromatic nitrogens is 2. The van der Waals surface area contributed by atoms with Gasteiger partial charge >= 0.3 is 0 Å². The molecule has 0 aliphatic heterocycles. The van der Waals surface area contributed by atoms with E-state index in [9.17, 15) is 0 Å². The summed E-state index contributed by atoms with van der Waals surface area (Å²) in [7, 11) is 0. The standard InChI is InChI=1S/C8H8N6O/c1-2-15-7-5(3-9)6(11)13-8(14-7)12-4-10/h2H2,1H3,(H3,11,12,13,14). The van der Waals surface area contributed by atoms with Crippen LogP contribution in [0, 0.1) is 22.8 Å². The number of ether oxygens (including phenoxy) is 1. The van der Waals surface area contributed by atoms with E-state index in [1.807, 2.05) is 6.07 Å². The van der Waals surface area contributed by atoms with Gasteiger partial charge in [0.2, 0.25) is 11.8 Å². The second-order valence-corrected chi connectivity index (χ2v) is 2.39. The summed E-state index contributed by atoms with van der Waals surface area (Å²) in [6.45, 7) is 2.09. The van der Waals surface area contributed by atoms with E-state index in [4.69, 9.17) is 21.0 Å². The Bertz CT molecular complexity index is 444. The molecule has 0 aromatic carbocycles. The molecule has 0 amide bonds. The third-order valence-corrected chi connectivity index (χ3v) is 1.46. The number of hydrogen-bond donors (Lipinski definition) is 2. The highest BCUT2D eigenvalue weighted by molar-refractivity contribution is 5.57. The first-order valence-electron chi connectivity index (χ1n) is 4.08. The molecule has 0 saturated heterocycles. The SMILES string of the molecule is CCOc1nc(NC#N)nc(N)c1C#N. The first kappa shape index (κ1) is 10.5. The summed E-state index contributed by atoms with van der Waals surface area (Å²) >= 11 is 0. The number of nitrogen functional groups attached to an aromatic ring is 1. The van der Waals surface area contributed by atoms with Crippen LogP contribution >= 0.6 is 0 Å². The van der Waals surface area contributed by atoms with E-state index >= 15 is 0 Å². The molecule has 0 unspecified atom stereocenters. The van der Waals surface area contributed by atoms with Gasteiger partial charge in [0.1, 0.15) is 6.07 Å². The number of nitrogens with one attached hydrogen (secondary N) is 1. The molecule has 0 aliphatic rings. The van der Waals surface area contributed by atoms with Crippen molar-refractivity contribution in [2.45, 2.75) is 6.92 Å². The van der Waals surface area contributed by atoms with Gasteiger partial charge in [-0.25, -0.2) is 0 Å². The molecule has 76 valence electrons. The van der Waals surface area contributed by atoms with Crippen molar-refractivity contribution in [2.75, 3.05) is 17.7 Å². The molecule has 3 N–H and O–H groups in total. The normalized spacial score (nSPS) is 8.73. The lowest BCUT2D eigenvalue weighted by atomic mass is 10.3. The summed E-state index contributed by atoms with van der Waals surface area (Å²) in [4.78, 5) is 7.52. The van der Waals surface area contributed by atoms with Gasteiger partial charge in [-0.3, -0.25) is 5.32 Å². The minimum Gasteiger partial charge on any atom is -0.477 e. The second-order valence-electron chi connectivity index (χ2n) is 2.39. The number of rotatable bonds is 3. The number of nitrogens with zero attached hydrogens (tertiary/aromatic N) is 4. The molecule has 1 aromatic rings. The van der Waals surface area contributed by atoms with Gasteiger partial charge in [0.05, 0.1) is 6.61 Å². The van der Waals surface area contributed by atoms with Gasteiger partial charge in [-0.2, -0.15) is 20.5 Å². The topological polar surface area (TPSA) is 121 Å². The summed E-state index contributed by atoms with van der Waals surface area (Å²) < 4.78 is 5.09. The van der Waals surface area contributed by atoms with Gasteiger partial charge in [-0.15, -0.1) is 0 Å². The van der Waals surface area contributed by atoms with Crippen molar-refractivity contribution in [1.29, 1.82) is 10.5 Å². The second kappa shape index (κ2) is 4.63. The van der Waals surface area contributed by atoms with Crippen molar-refractivity contribution >= 4 is 11.8 Å². The molecule has 0 atom stereocenters. The van der Waals surface area contributed by atoms with Gasteiger partial charge in [0.15, 0.2) is 17.6 Å². The highest BCUT2D eigenvalue weighted by atomic mass is 16.5. The van der Waals surface area contributed by atoms with Gasteiger partial charge in [-0.05, 0) is 6.92 Å². The first-order chi connectivity index (χ1) is 7.22. The molecular formula is C8H8N6O. The quantitative estimate of drug-likeness (QED) is 0.533. The summed E-state index contributed by atoms with van der Waals surface area (Å²) in [5.41, 5.74) is 5.56. The zero-order chi connectivity index (χ0) is 11.3. The minimum atomic E-state index is -0.0197. The van der Waals surface area contributed by atoms with E-state index in [-0.39, 0.29) is 23.2 Å². The van der Waals surface area contributed by atoms with E-state index in [0.717, 1.165) is 0 Å². The van der Waals surface area contributed by atoms with Crippen LogP contribution in [0.1, 0.15) is 12.5 Å². The van der Waals surface area contributed by atoms with Crippen LogP contribution in [0.3, 0.4) is 0 Å². The maximum absolute atomic E-state index is 8.77. The molecule has 7 heteroatoms. The predicted octanol–water partition coefficient (Wildman–Crippen LogP) is 0.222. The lowest BCUT2D eigenvalue weighted by Gasteiger charge is -2.06. The smallest absolute Gasteiger partial charge is 0.241 e. The number of nitriles is 2. The third-order valence-electron chi connectivity index (χ3n) is 1.46. The summed E-state index contributed by atoms with van der Waals surface area (Å²) in [6.07, 6.45) is 1.65.